The first-order valence-corrected chi connectivity index (χ1v) is 8.24. The fourth-order valence-electron chi connectivity index (χ4n) is 2.86. The minimum absolute atomic E-state index is 0.582. The molecule has 0 atom stereocenters. The molecule has 1 saturated heterocycles. The molecule has 118 valence electrons. The van der Waals surface area contributed by atoms with Gasteiger partial charge in [0.1, 0.15) is 5.75 Å². The number of rotatable bonds is 6. The van der Waals surface area contributed by atoms with Crippen molar-refractivity contribution < 1.29 is 4.74 Å². The van der Waals surface area contributed by atoms with Crippen LogP contribution in [0.5, 0.6) is 5.75 Å². The number of nitrogens with zero attached hydrogens (tertiary/aromatic N) is 1. The van der Waals surface area contributed by atoms with Crippen LogP contribution in [0.15, 0.2) is 18.2 Å². The van der Waals surface area contributed by atoms with Crippen LogP contribution in [0.4, 0.5) is 0 Å². The summed E-state index contributed by atoms with van der Waals surface area (Å²) in [7, 11) is 1.72. The maximum absolute atomic E-state index is 6.10. The molecular formula is C17H27ClN2O. The van der Waals surface area contributed by atoms with Crippen molar-refractivity contribution in [2.45, 2.75) is 39.3 Å². The van der Waals surface area contributed by atoms with Gasteiger partial charge in [-0.2, -0.15) is 0 Å². The van der Waals surface area contributed by atoms with Crippen LogP contribution in [-0.4, -0.2) is 37.7 Å². The maximum Gasteiger partial charge on any atom is 0.123 e. The minimum Gasteiger partial charge on any atom is -0.496 e. The van der Waals surface area contributed by atoms with Crippen LogP contribution in [0.25, 0.3) is 0 Å². The normalized spacial score (nSPS) is 17.4. The summed E-state index contributed by atoms with van der Waals surface area (Å²) in [5, 5.41) is 4.33. The zero-order valence-corrected chi connectivity index (χ0v) is 14.1. The van der Waals surface area contributed by atoms with Crippen molar-refractivity contribution in [3.05, 3.63) is 28.8 Å². The van der Waals surface area contributed by atoms with Gasteiger partial charge in [-0.05, 0) is 56.6 Å². The first kappa shape index (κ1) is 16.6. The van der Waals surface area contributed by atoms with Crippen molar-refractivity contribution in [1.82, 2.24) is 10.2 Å². The Morgan fingerprint density at radius 1 is 1.33 bits per heavy atom. The molecule has 1 heterocycles. The average Bonchev–Trinajstić information content (AvgIpc) is 2.47. The van der Waals surface area contributed by atoms with Crippen LogP contribution in [-0.2, 0) is 6.54 Å². The van der Waals surface area contributed by atoms with Gasteiger partial charge >= 0.3 is 0 Å². The molecule has 1 aliphatic heterocycles. The molecule has 3 nitrogen and oxygen atoms in total. The van der Waals surface area contributed by atoms with Gasteiger partial charge < -0.3 is 10.1 Å². The Hall–Kier alpha value is -0.770. The highest BCUT2D eigenvalue weighted by atomic mass is 35.5. The second kappa shape index (κ2) is 8.02. The highest BCUT2D eigenvalue weighted by molar-refractivity contribution is 6.30. The van der Waals surface area contributed by atoms with E-state index in [0.29, 0.717) is 6.04 Å². The van der Waals surface area contributed by atoms with Gasteiger partial charge in [-0.15, -0.1) is 0 Å². The van der Waals surface area contributed by atoms with E-state index in [9.17, 15) is 0 Å². The number of ether oxygens (including phenoxy) is 1. The topological polar surface area (TPSA) is 24.5 Å². The van der Waals surface area contributed by atoms with Gasteiger partial charge in [0, 0.05) is 23.2 Å². The van der Waals surface area contributed by atoms with Crippen LogP contribution in [0.1, 0.15) is 32.3 Å². The molecule has 2 rings (SSSR count). The summed E-state index contributed by atoms with van der Waals surface area (Å²) in [6.07, 6.45) is 2.53. The molecule has 1 aromatic carbocycles. The first-order chi connectivity index (χ1) is 10.1. The summed E-state index contributed by atoms with van der Waals surface area (Å²) in [5.41, 5.74) is 1.18. The Kier molecular flexibility index (Phi) is 6.34. The predicted molar refractivity (Wildman–Crippen MR) is 89.1 cm³/mol. The number of hydrogen-bond acceptors (Lipinski definition) is 3. The lowest BCUT2D eigenvalue weighted by Gasteiger charge is -2.32. The molecule has 0 amide bonds. The minimum atomic E-state index is 0.582. The van der Waals surface area contributed by atoms with Crippen LogP contribution < -0.4 is 10.1 Å². The Morgan fingerprint density at radius 2 is 2.05 bits per heavy atom. The quantitative estimate of drug-likeness (QED) is 0.869. The molecule has 4 heteroatoms. The van der Waals surface area contributed by atoms with E-state index in [1.807, 2.05) is 18.2 Å². The molecule has 0 bridgehead atoms. The molecule has 21 heavy (non-hydrogen) atoms. The number of nitrogens with one attached hydrogen (secondary N) is 1. The lowest BCUT2D eigenvalue weighted by molar-refractivity contribution is 0.172. The van der Waals surface area contributed by atoms with E-state index in [2.05, 4.69) is 24.1 Å². The van der Waals surface area contributed by atoms with E-state index in [0.717, 1.165) is 42.9 Å². The van der Waals surface area contributed by atoms with Crippen LogP contribution >= 0.6 is 11.6 Å². The van der Waals surface area contributed by atoms with Gasteiger partial charge in [0.2, 0.25) is 0 Å². The van der Waals surface area contributed by atoms with Crippen molar-refractivity contribution in [2.24, 2.45) is 5.92 Å². The van der Waals surface area contributed by atoms with E-state index >= 15 is 0 Å². The maximum atomic E-state index is 6.10. The number of likely N-dealkylation sites (tertiary alicyclic amines) is 1. The van der Waals surface area contributed by atoms with Gasteiger partial charge in [-0.3, -0.25) is 4.90 Å². The van der Waals surface area contributed by atoms with Crippen molar-refractivity contribution in [3.63, 3.8) is 0 Å². The van der Waals surface area contributed by atoms with Crippen LogP contribution in [0.3, 0.4) is 0 Å². The zero-order valence-electron chi connectivity index (χ0n) is 13.4. The monoisotopic (exact) mass is 310 g/mol. The summed E-state index contributed by atoms with van der Waals surface area (Å²) in [4.78, 5) is 2.50. The highest BCUT2D eigenvalue weighted by Crippen LogP contribution is 2.26. The summed E-state index contributed by atoms with van der Waals surface area (Å²) >= 11 is 6.10. The standard InChI is InChI=1S/C17H27ClN2O/c1-13(2)19-11-14-6-8-20(9-7-14)12-15-10-16(18)4-5-17(15)21-3/h4-5,10,13-14,19H,6-9,11-12H2,1-3H3. The molecule has 0 aromatic heterocycles. The number of hydrogen-bond donors (Lipinski definition) is 1. The molecule has 1 N–H and O–H groups in total. The van der Waals surface area contributed by atoms with E-state index < -0.39 is 0 Å². The molecule has 0 aliphatic carbocycles. The van der Waals surface area contributed by atoms with Crippen molar-refractivity contribution in [3.8, 4) is 5.75 Å². The fraction of sp³-hybridized carbons (Fsp3) is 0.647. The Bertz CT molecular complexity index is 442. The van der Waals surface area contributed by atoms with Gasteiger partial charge in [0.25, 0.3) is 0 Å². The number of piperidine rings is 1. The third-order valence-corrected chi connectivity index (χ3v) is 4.39. The van der Waals surface area contributed by atoms with Gasteiger partial charge in [0.05, 0.1) is 7.11 Å². The zero-order chi connectivity index (χ0) is 15.2. The van der Waals surface area contributed by atoms with Crippen molar-refractivity contribution in [2.75, 3.05) is 26.7 Å². The highest BCUT2D eigenvalue weighted by Gasteiger charge is 2.20. The third-order valence-electron chi connectivity index (χ3n) is 4.16. The molecule has 0 unspecified atom stereocenters. The average molecular weight is 311 g/mol. The molecule has 1 aliphatic rings. The second-order valence-electron chi connectivity index (χ2n) is 6.24. The summed E-state index contributed by atoms with van der Waals surface area (Å²) < 4.78 is 5.43. The molecule has 1 fully saturated rings. The molecule has 0 saturated carbocycles. The number of halogens is 1. The van der Waals surface area contributed by atoms with Crippen molar-refractivity contribution >= 4 is 11.6 Å². The summed E-state index contributed by atoms with van der Waals surface area (Å²) in [5.74, 6) is 1.74. The lowest BCUT2D eigenvalue weighted by atomic mass is 9.96. The van der Waals surface area contributed by atoms with E-state index in [4.69, 9.17) is 16.3 Å². The van der Waals surface area contributed by atoms with Crippen LogP contribution in [0, 0.1) is 5.92 Å². The molecule has 0 radical (unpaired) electrons. The Labute approximate surface area is 133 Å². The largest absolute Gasteiger partial charge is 0.496 e. The van der Waals surface area contributed by atoms with Crippen molar-refractivity contribution in [1.29, 1.82) is 0 Å². The number of benzene rings is 1. The van der Waals surface area contributed by atoms with Crippen LogP contribution in [0.2, 0.25) is 5.02 Å². The fourth-order valence-corrected chi connectivity index (χ4v) is 3.06. The third kappa shape index (κ3) is 5.17. The molecular weight excluding hydrogens is 284 g/mol. The Morgan fingerprint density at radius 3 is 2.67 bits per heavy atom. The smallest absolute Gasteiger partial charge is 0.123 e. The van der Waals surface area contributed by atoms with Gasteiger partial charge in [-0.25, -0.2) is 0 Å². The van der Waals surface area contributed by atoms with E-state index in [1.54, 1.807) is 7.11 Å². The van der Waals surface area contributed by atoms with Gasteiger partial charge in [0.15, 0.2) is 0 Å². The summed E-state index contributed by atoms with van der Waals surface area (Å²) in [6.45, 7) is 8.79. The number of methoxy groups -OCH3 is 1. The second-order valence-corrected chi connectivity index (χ2v) is 6.68. The Balaban J connectivity index is 1.84. The first-order valence-electron chi connectivity index (χ1n) is 7.86. The lowest BCUT2D eigenvalue weighted by Crippen LogP contribution is -2.38. The summed E-state index contributed by atoms with van der Waals surface area (Å²) in [6, 6.07) is 6.44. The molecule has 0 spiro atoms. The molecule has 1 aromatic rings. The van der Waals surface area contributed by atoms with Gasteiger partial charge in [-0.1, -0.05) is 25.4 Å². The van der Waals surface area contributed by atoms with E-state index in [1.165, 1.54) is 18.4 Å². The SMILES string of the molecule is COc1ccc(Cl)cc1CN1CCC(CNC(C)C)CC1. The van der Waals surface area contributed by atoms with E-state index in [-0.39, 0.29) is 0 Å². The predicted octanol–water partition coefficient (Wildman–Crippen LogP) is 3.56.